The zero-order valence-electron chi connectivity index (χ0n) is 21.3. The third kappa shape index (κ3) is 7.67. The maximum atomic E-state index is 13.6. The molecule has 5 N–H and O–H groups in total. The highest BCUT2D eigenvalue weighted by molar-refractivity contribution is 8.14. The van der Waals surface area contributed by atoms with Crippen LogP contribution in [0.5, 0.6) is 0 Å². The van der Waals surface area contributed by atoms with E-state index in [0.29, 0.717) is 10.8 Å². The van der Waals surface area contributed by atoms with Gasteiger partial charge < -0.3 is 30.4 Å². The summed E-state index contributed by atoms with van der Waals surface area (Å²) >= 11 is 7.66. The molecular weight excluding hydrogens is 539 g/mol. The van der Waals surface area contributed by atoms with Crippen molar-refractivity contribution < 1.29 is 39.5 Å². The summed E-state index contributed by atoms with van der Waals surface area (Å²) in [5, 5.41) is 46.0. The first-order chi connectivity index (χ1) is 17.7. The normalized spacial score (nSPS) is 20.7. The summed E-state index contributed by atoms with van der Waals surface area (Å²) in [6, 6.07) is 14.0. The number of benzene rings is 2. The maximum absolute atomic E-state index is 13.6. The number of aliphatic carboxylic acids is 2. The van der Waals surface area contributed by atoms with Crippen molar-refractivity contribution in [2.45, 2.75) is 63.6 Å². The van der Waals surface area contributed by atoms with Gasteiger partial charge in [0, 0.05) is 17.1 Å². The summed E-state index contributed by atoms with van der Waals surface area (Å²) in [5.74, 6) is -3.74. The first-order valence-corrected chi connectivity index (χ1v) is 13.1. The molecule has 9 nitrogen and oxygen atoms in total. The highest BCUT2D eigenvalue weighted by Crippen LogP contribution is 2.46. The number of nitrogens with zero attached hydrogens (tertiary/aromatic N) is 2. The Hall–Kier alpha value is -2.70. The third-order valence-corrected chi connectivity index (χ3v) is 6.98. The summed E-state index contributed by atoms with van der Waals surface area (Å²) in [7, 11) is 0. The van der Waals surface area contributed by atoms with Crippen LogP contribution in [0.15, 0.2) is 53.5 Å². The molecule has 0 saturated carbocycles. The van der Waals surface area contributed by atoms with E-state index in [1.807, 2.05) is 43.0 Å². The average Bonchev–Trinajstić information content (AvgIpc) is 3.16. The number of thioether (sulfide) groups is 1. The van der Waals surface area contributed by atoms with Gasteiger partial charge in [0.15, 0.2) is 23.1 Å². The fraction of sp³-hybridized carbons (Fsp3) is 0.423. The van der Waals surface area contributed by atoms with E-state index in [0.717, 1.165) is 16.3 Å². The van der Waals surface area contributed by atoms with E-state index in [1.165, 1.54) is 12.1 Å². The summed E-state index contributed by atoms with van der Waals surface area (Å²) in [6.07, 6.45) is -4.53. The number of rotatable bonds is 8. The Morgan fingerprint density at radius 2 is 1.39 bits per heavy atom. The number of aliphatic hydroxyl groups excluding tert-OH is 2. The molecule has 3 rings (SSSR count). The van der Waals surface area contributed by atoms with Crippen LogP contribution >= 0.6 is 23.4 Å². The van der Waals surface area contributed by atoms with Gasteiger partial charge in [-0.2, -0.15) is 0 Å². The van der Waals surface area contributed by atoms with Crippen LogP contribution in [0.1, 0.15) is 44.7 Å². The second kappa shape index (κ2) is 13.4. The van der Waals surface area contributed by atoms with Crippen molar-refractivity contribution in [3.63, 3.8) is 0 Å². The van der Waals surface area contributed by atoms with Gasteiger partial charge in [0.25, 0.3) is 0 Å². The fourth-order valence-electron chi connectivity index (χ4n) is 3.99. The molecule has 0 radical (unpaired) electrons. The van der Waals surface area contributed by atoms with Gasteiger partial charge in [0.05, 0.1) is 11.7 Å². The van der Waals surface area contributed by atoms with E-state index in [9.17, 15) is 19.1 Å². The van der Waals surface area contributed by atoms with Crippen molar-refractivity contribution >= 4 is 40.5 Å². The van der Waals surface area contributed by atoms with E-state index in [2.05, 4.69) is 13.8 Å². The molecule has 1 aliphatic heterocycles. The Bertz CT molecular complexity index is 1070. The number of hydrogen-bond donors (Lipinski definition) is 5. The van der Waals surface area contributed by atoms with E-state index >= 15 is 0 Å². The molecule has 38 heavy (non-hydrogen) atoms. The molecule has 1 fully saturated rings. The Morgan fingerprint density at radius 3 is 1.79 bits per heavy atom. The second-order valence-corrected chi connectivity index (χ2v) is 10.6. The van der Waals surface area contributed by atoms with Crippen LogP contribution in [0.25, 0.3) is 0 Å². The van der Waals surface area contributed by atoms with Gasteiger partial charge in [-0.1, -0.05) is 47.6 Å². The maximum Gasteiger partial charge on any atom is 0.335 e. The smallest absolute Gasteiger partial charge is 0.335 e. The van der Waals surface area contributed by atoms with Crippen LogP contribution in [-0.2, 0) is 9.59 Å². The number of hydrogen-bond acceptors (Lipinski definition) is 7. The standard InChI is InChI=1S/C22H26ClFN2OS.C4H6O6/c1-14(2)25-21-26(15(3)4)22(27,13-28-21)20(16-5-9-18(23)10-6-16)17-7-11-19(24)12-8-17;5-1(3(7)8)2(6)4(9)10/h5-12,14-15,20,27H,13H2,1-4H3;1-2,5-6H,(H,7,8)(H,9,10)/b25-21+;. The minimum atomic E-state index is -2.27. The van der Waals surface area contributed by atoms with Crippen LogP contribution in [0.4, 0.5) is 4.39 Å². The molecule has 0 aliphatic carbocycles. The van der Waals surface area contributed by atoms with Crippen molar-refractivity contribution in [3.05, 3.63) is 70.5 Å². The van der Waals surface area contributed by atoms with Crippen LogP contribution in [0, 0.1) is 5.82 Å². The monoisotopic (exact) mass is 570 g/mol. The van der Waals surface area contributed by atoms with Gasteiger partial charge >= 0.3 is 11.9 Å². The Labute approximate surface area is 229 Å². The molecule has 208 valence electrons. The first-order valence-electron chi connectivity index (χ1n) is 11.7. The molecule has 2 aromatic carbocycles. The summed E-state index contributed by atoms with van der Waals surface area (Å²) < 4.78 is 13.6. The van der Waals surface area contributed by atoms with E-state index in [4.69, 9.17) is 37.0 Å². The van der Waals surface area contributed by atoms with Gasteiger partial charge in [-0.05, 0) is 63.1 Å². The molecule has 0 amide bonds. The number of halogens is 2. The predicted molar refractivity (Wildman–Crippen MR) is 144 cm³/mol. The molecule has 0 bridgehead atoms. The van der Waals surface area contributed by atoms with Crippen LogP contribution in [0.2, 0.25) is 5.02 Å². The number of aliphatic hydroxyl groups is 3. The topological polar surface area (TPSA) is 151 Å². The molecule has 12 heteroatoms. The zero-order chi connectivity index (χ0) is 28.8. The summed E-state index contributed by atoms with van der Waals surface area (Å²) in [6.45, 7) is 8.16. The Morgan fingerprint density at radius 1 is 0.947 bits per heavy atom. The fourth-order valence-corrected chi connectivity index (χ4v) is 5.56. The zero-order valence-corrected chi connectivity index (χ0v) is 22.9. The summed E-state index contributed by atoms with van der Waals surface area (Å²) in [5.41, 5.74) is 0.580. The lowest BCUT2D eigenvalue weighted by molar-refractivity contribution is -0.165. The predicted octanol–water partition coefficient (Wildman–Crippen LogP) is 3.40. The number of aliphatic imine (C=N–C) groups is 1. The number of carbonyl (C=O) groups is 2. The van der Waals surface area contributed by atoms with Crippen molar-refractivity contribution in [1.29, 1.82) is 0 Å². The number of amidine groups is 1. The Kier molecular flexibility index (Phi) is 11.1. The SMILES string of the molecule is CC(C)/N=C1/SCC(O)(C(c2ccc(F)cc2)c2ccc(Cl)cc2)N1C(C)C.O=C(O)C(O)C(O)C(=O)O. The van der Waals surface area contributed by atoms with Gasteiger partial charge in [-0.15, -0.1) is 0 Å². The molecule has 4 atom stereocenters. The van der Waals surface area contributed by atoms with Gasteiger partial charge in [0.1, 0.15) is 5.82 Å². The molecule has 0 spiro atoms. The number of carboxylic acid groups (broad SMARTS) is 2. The number of carboxylic acids is 2. The molecule has 1 saturated heterocycles. The van der Waals surface area contributed by atoms with Crippen molar-refractivity contribution in [2.75, 3.05) is 5.75 Å². The largest absolute Gasteiger partial charge is 0.479 e. The quantitative estimate of drug-likeness (QED) is 0.321. The molecule has 1 aliphatic rings. The molecular formula is C26H32ClFN2O7S. The Balaban J connectivity index is 0.000000432. The van der Waals surface area contributed by atoms with E-state index in [1.54, 1.807) is 23.9 Å². The van der Waals surface area contributed by atoms with Gasteiger partial charge in [0.2, 0.25) is 0 Å². The summed E-state index contributed by atoms with van der Waals surface area (Å²) in [4.78, 5) is 26.3. The molecule has 2 aromatic rings. The third-order valence-electron chi connectivity index (χ3n) is 5.60. The minimum absolute atomic E-state index is 0.0488. The van der Waals surface area contributed by atoms with Crippen molar-refractivity contribution in [2.24, 2.45) is 4.99 Å². The molecule has 1 heterocycles. The van der Waals surface area contributed by atoms with Gasteiger partial charge in [-0.3, -0.25) is 4.99 Å². The lowest BCUT2D eigenvalue weighted by Gasteiger charge is -2.43. The van der Waals surface area contributed by atoms with E-state index in [-0.39, 0.29) is 23.8 Å². The van der Waals surface area contributed by atoms with Crippen LogP contribution < -0.4 is 0 Å². The highest BCUT2D eigenvalue weighted by atomic mass is 35.5. The van der Waals surface area contributed by atoms with Crippen molar-refractivity contribution in [1.82, 2.24) is 4.90 Å². The van der Waals surface area contributed by atoms with Crippen LogP contribution in [-0.4, -0.2) is 83.3 Å². The van der Waals surface area contributed by atoms with E-state index < -0.39 is 29.9 Å². The van der Waals surface area contributed by atoms with Crippen molar-refractivity contribution in [3.8, 4) is 0 Å². The van der Waals surface area contributed by atoms with Gasteiger partial charge in [-0.25, -0.2) is 14.0 Å². The van der Waals surface area contributed by atoms with Crippen LogP contribution in [0.3, 0.4) is 0 Å². The molecule has 4 unspecified atom stereocenters. The lowest BCUT2D eigenvalue weighted by Crippen LogP contribution is -2.55. The first kappa shape index (κ1) is 31.5. The highest BCUT2D eigenvalue weighted by Gasteiger charge is 2.51. The molecule has 0 aromatic heterocycles. The lowest BCUT2D eigenvalue weighted by atomic mass is 9.82. The average molecular weight is 571 g/mol. The second-order valence-electron chi connectivity index (χ2n) is 9.24. The minimum Gasteiger partial charge on any atom is -0.479 e.